The maximum absolute atomic E-state index is 12.1. The van der Waals surface area contributed by atoms with Crippen LogP contribution in [0.4, 0.5) is 5.82 Å². The Labute approximate surface area is 256 Å². The van der Waals surface area contributed by atoms with Crippen LogP contribution in [0.15, 0.2) is 47.9 Å². The number of carbonyl (C=O) groups excluding carboxylic acids is 1. The molecule has 1 unspecified atom stereocenters. The number of hydrogen-bond acceptors (Lipinski definition) is 8. The molecule has 5 rings (SSSR count). The molecule has 220 valence electrons. The number of nitrogens with one attached hydrogen (secondary N) is 1. The first-order chi connectivity index (χ1) is 20.2. The Morgan fingerprint density at radius 2 is 2.02 bits per heavy atom. The van der Waals surface area contributed by atoms with Crippen molar-refractivity contribution in [3.63, 3.8) is 0 Å². The third-order valence-corrected chi connectivity index (χ3v) is 9.13. The molecule has 0 bridgehead atoms. The Kier molecular flexibility index (Phi) is 9.16. The Balaban J connectivity index is 1.47. The molecular weight excluding hydrogens is 568 g/mol. The van der Waals surface area contributed by atoms with E-state index >= 15 is 0 Å². The summed E-state index contributed by atoms with van der Waals surface area (Å²) in [5.41, 5.74) is 6.38. The second-order valence-electron chi connectivity index (χ2n) is 11.0. The van der Waals surface area contributed by atoms with Crippen LogP contribution in [0.2, 0.25) is 5.02 Å². The molecule has 1 aliphatic rings. The van der Waals surface area contributed by atoms with Gasteiger partial charge < -0.3 is 19.7 Å². The number of benzene rings is 2. The summed E-state index contributed by atoms with van der Waals surface area (Å²) in [6.07, 6.45) is 4.29. The summed E-state index contributed by atoms with van der Waals surface area (Å²) in [4.78, 5) is 24.9. The van der Waals surface area contributed by atoms with Gasteiger partial charge in [-0.15, -0.1) is 11.3 Å². The molecule has 2 aromatic heterocycles. The van der Waals surface area contributed by atoms with Crippen LogP contribution in [0, 0.1) is 12.8 Å². The number of halogens is 1. The van der Waals surface area contributed by atoms with Gasteiger partial charge in [-0.3, -0.25) is 4.79 Å². The van der Waals surface area contributed by atoms with Crippen LogP contribution < -0.4 is 10.1 Å². The quantitative estimate of drug-likeness (QED) is 0.194. The molecule has 0 radical (unpaired) electrons. The van der Waals surface area contributed by atoms with Crippen molar-refractivity contribution in [2.75, 3.05) is 33.6 Å². The summed E-state index contributed by atoms with van der Waals surface area (Å²) in [6, 6.07) is 12.4. The number of esters is 1. The molecule has 1 aliphatic carbocycles. The van der Waals surface area contributed by atoms with E-state index in [-0.39, 0.29) is 17.9 Å². The van der Waals surface area contributed by atoms with Gasteiger partial charge in [-0.2, -0.15) is 0 Å². The molecule has 2 atom stereocenters. The molecular formula is C33H37ClN4O3S. The maximum Gasteiger partial charge on any atom is 0.308 e. The van der Waals surface area contributed by atoms with Gasteiger partial charge in [0.15, 0.2) is 0 Å². The van der Waals surface area contributed by atoms with Crippen LogP contribution in [0.25, 0.3) is 27.6 Å². The topological polar surface area (TPSA) is 76.6 Å². The lowest BCUT2D eigenvalue weighted by atomic mass is 9.86. The van der Waals surface area contributed by atoms with Crippen molar-refractivity contribution in [2.24, 2.45) is 5.92 Å². The van der Waals surface area contributed by atoms with Crippen LogP contribution in [0.1, 0.15) is 54.1 Å². The summed E-state index contributed by atoms with van der Waals surface area (Å²) in [6.45, 7) is 4.86. The molecule has 0 saturated carbocycles. The number of anilines is 1. The summed E-state index contributed by atoms with van der Waals surface area (Å²) in [7, 11) is 7.25. The van der Waals surface area contributed by atoms with Crippen LogP contribution in [-0.4, -0.2) is 49.2 Å². The molecule has 9 heteroatoms. The maximum atomic E-state index is 12.1. The number of methoxy groups -OCH3 is 2. The number of aryl methyl sites for hydroxylation is 1. The van der Waals surface area contributed by atoms with Gasteiger partial charge in [0.25, 0.3) is 0 Å². The number of fused-ring (bicyclic) bond motifs is 1. The van der Waals surface area contributed by atoms with Crippen molar-refractivity contribution < 1.29 is 14.3 Å². The first-order valence-corrected chi connectivity index (χ1v) is 15.3. The van der Waals surface area contributed by atoms with Gasteiger partial charge >= 0.3 is 5.97 Å². The van der Waals surface area contributed by atoms with Gasteiger partial charge in [0.2, 0.25) is 0 Å². The monoisotopic (exact) mass is 604 g/mol. The van der Waals surface area contributed by atoms with Crippen molar-refractivity contribution >= 4 is 51.2 Å². The summed E-state index contributed by atoms with van der Waals surface area (Å²) in [5, 5.41) is 7.52. The van der Waals surface area contributed by atoms with Gasteiger partial charge in [-0.1, -0.05) is 29.8 Å². The Morgan fingerprint density at radius 3 is 2.71 bits per heavy atom. The summed E-state index contributed by atoms with van der Waals surface area (Å²) >= 11 is 8.41. The number of hydrogen-bond donors (Lipinski definition) is 1. The molecule has 42 heavy (non-hydrogen) atoms. The number of rotatable bonds is 9. The zero-order chi connectivity index (χ0) is 30.0. The fourth-order valence-electron chi connectivity index (χ4n) is 5.61. The molecule has 0 saturated heterocycles. The number of ether oxygens (including phenoxy) is 2. The molecule has 7 nitrogen and oxygen atoms in total. The highest BCUT2D eigenvalue weighted by Gasteiger charge is 2.25. The molecule has 4 aromatic rings. The Hall–Kier alpha value is -3.46. The van der Waals surface area contributed by atoms with Crippen LogP contribution in [-0.2, 0) is 16.1 Å². The van der Waals surface area contributed by atoms with Gasteiger partial charge in [-0.05, 0) is 87.5 Å². The number of carbonyl (C=O) groups is 1. The van der Waals surface area contributed by atoms with E-state index in [1.54, 1.807) is 18.4 Å². The summed E-state index contributed by atoms with van der Waals surface area (Å²) < 4.78 is 10.8. The van der Waals surface area contributed by atoms with Gasteiger partial charge in [0.1, 0.15) is 17.4 Å². The van der Waals surface area contributed by atoms with E-state index in [1.807, 2.05) is 25.1 Å². The predicted molar refractivity (Wildman–Crippen MR) is 172 cm³/mol. The number of thiophene rings is 1. The SMILES string of the molecule is COC(=O)C1CC=C(c2cc3c(N[C@H](C)c4cc(-c5c(Cl)cccc5CN(C)C)cs4)nc(C)nc3cc2OC)CC1. The Morgan fingerprint density at radius 1 is 1.21 bits per heavy atom. The zero-order valence-corrected chi connectivity index (χ0v) is 26.5. The van der Waals surface area contributed by atoms with Crippen molar-refractivity contribution in [2.45, 2.75) is 45.7 Å². The van der Waals surface area contributed by atoms with E-state index in [9.17, 15) is 4.79 Å². The van der Waals surface area contributed by atoms with Crippen LogP contribution in [0.3, 0.4) is 0 Å². The third-order valence-electron chi connectivity index (χ3n) is 7.70. The van der Waals surface area contributed by atoms with E-state index in [0.717, 1.165) is 69.1 Å². The lowest BCUT2D eigenvalue weighted by molar-refractivity contribution is -0.145. The first kappa shape index (κ1) is 30.0. The van der Waals surface area contributed by atoms with Gasteiger partial charge in [0.05, 0.1) is 31.7 Å². The minimum atomic E-state index is -0.152. The largest absolute Gasteiger partial charge is 0.496 e. The minimum absolute atomic E-state index is 0.00120. The molecule has 0 spiro atoms. The standard InChI is InChI=1S/C33H37ClN4O3S/c1-19(30-14-24(18-42-30)31-23(17-38(3)4)8-7-9-27(31)34)35-32-26-15-25(21-10-12-22(13-11-21)33(39)41-6)29(40-5)16-28(26)36-20(2)37-32/h7-10,14-16,18-19,22H,11-13,17H2,1-6H3,(H,35,36,37)/t19-,22?/m1/s1. The second kappa shape index (κ2) is 12.8. The van der Waals surface area contributed by atoms with E-state index < -0.39 is 0 Å². The number of allylic oxidation sites excluding steroid dienone is 2. The molecule has 0 aliphatic heterocycles. The van der Waals surface area contributed by atoms with E-state index in [1.165, 1.54) is 17.6 Å². The average Bonchev–Trinajstić information content (AvgIpc) is 3.46. The molecule has 2 aromatic carbocycles. The highest BCUT2D eigenvalue weighted by Crippen LogP contribution is 2.40. The molecule has 0 fully saturated rings. The second-order valence-corrected chi connectivity index (χ2v) is 12.4. The fraction of sp³-hybridized carbons (Fsp3) is 0.364. The Bertz CT molecular complexity index is 1650. The normalized spacial score (nSPS) is 15.9. The van der Waals surface area contributed by atoms with Crippen molar-refractivity contribution in [1.82, 2.24) is 14.9 Å². The predicted octanol–water partition coefficient (Wildman–Crippen LogP) is 7.92. The smallest absolute Gasteiger partial charge is 0.308 e. The van der Waals surface area contributed by atoms with Crippen molar-refractivity contribution in [3.05, 3.63) is 74.7 Å². The summed E-state index contributed by atoms with van der Waals surface area (Å²) in [5.74, 6) is 1.97. The average molecular weight is 605 g/mol. The molecule has 0 amide bonds. The highest BCUT2D eigenvalue weighted by atomic mass is 35.5. The van der Waals surface area contributed by atoms with Gasteiger partial charge in [0, 0.05) is 39.0 Å². The van der Waals surface area contributed by atoms with Gasteiger partial charge in [-0.25, -0.2) is 9.97 Å². The third kappa shape index (κ3) is 6.31. The fourth-order valence-corrected chi connectivity index (χ4v) is 6.82. The zero-order valence-electron chi connectivity index (χ0n) is 25.0. The lowest BCUT2D eigenvalue weighted by Crippen LogP contribution is -2.18. The van der Waals surface area contributed by atoms with E-state index in [0.29, 0.717) is 12.2 Å². The van der Waals surface area contributed by atoms with Crippen molar-refractivity contribution in [1.29, 1.82) is 0 Å². The minimum Gasteiger partial charge on any atom is -0.496 e. The molecule has 1 N–H and O–H groups in total. The number of nitrogens with zero attached hydrogens (tertiary/aromatic N) is 3. The molecule has 2 heterocycles. The lowest BCUT2D eigenvalue weighted by Gasteiger charge is -2.22. The van der Waals surface area contributed by atoms with Crippen LogP contribution in [0.5, 0.6) is 5.75 Å². The van der Waals surface area contributed by atoms with E-state index in [4.69, 9.17) is 31.0 Å². The van der Waals surface area contributed by atoms with Crippen molar-refractivity contribution in [3.8, 4) is 16.9 Å². The number of aromatic nitrogens is 2. The van der Waals surface area contributed by atoms with E-state index in [2.05, 4.69) is 60.9 Å². The first-order valence-electron chi connectivity index (χ1n) is 14.1. The highest BCUT2D eigenvalue weighted by molar-refractivity contribution is 7.10. The van der Waals surface area contributed by atoms with Crippen LogP contribution >= 0.6 is 22.9 Å².